The molecule has 0 spiro atoms. The van der Waals surface area contributed by atoms with Crippen LogP contribution in [0.4, 0.5) is 5.69 Å². The first kappa shape index (κ1) is 25.0. The van der Waals surface area contributed by atoms with Crippen molar-refractivity contribution in [3.63, 3.8) is 0 Å². The Bertz CT molecular complexity index is 1070. The number of carbonyl (C=O) groups is 1. The molecule has 1 amide bonds. The normalized spacial score (nSPS) is 24.0. The van der Waals surface area contributed by atoms with Gasteiger partial charge in [0.1, 0.15) is 17.3 Å². The van der Waals surface area contributed by atoms with Crippen molar-refractivity contribution >= 4 is 17.4 Å². The summed E-state index contributed by atoms with van der Waals surface area (Å²) in [6.07, 6.45) is 7.20. The van der Waals surface area contributed by atoms with E-state index in [1.807, 2.05) is 29.2 Å². The fourth-order valence-electron chi connectivity index (χ4n) is 5.45. The van der Waals surface area contributed by atoms with Crippen molar-refractivity contribution in [2.45, 2.75) is 76.5 Å². The molecule has 0 bridgehead atoms. The lowest BCUT2D eigenvalue weighted by molar-refractivity contribution is -0.126. The molecule has 35 heavy (non-hydrogen) atoms. The summed E-state index contributed by atoms with van der Waals surface area (Å²) in [7, 11) is 1.56. The number of amides is 1. The minimum atomic E-state index is -0.856. The van der Waals surface area contributed by atoms with Crippen LogP contribution in [0.15, 0.2) is 42.5 Å². The van der Waals surface area contributed by atoms with E-state index in [-0.39, 0.29) is 17.3 Å². The summed E-state index contributed by atoms with van der Waals surface area (Å²) in [6, 6.07) is 13.4. The molecule has 2 aromatic rings. The summed E-state index contributed by atoms with van der Waals surface area (Å²) in [5.41, 5.74) is 7.84. The number of nitrogens with zero attached hydrogens (tertiary/aromatic N) is 1. The number of para-hydroxylation sites is 2. The topological polar surface area (TPSA) is 101 Å². The third-order valence-electron chi connectivity index (χ3n) is 7.29. The van der Waals surface area contributed by atoms with E-state index in [1.165, 1.54) is 19.3 Å². The lowest BCUT2D eigenvalue weighted by atomic mass is 9.84. The van der Waals surface area contributed by atoms with Gasteiger partial charge in [0.2, 0.25) is 6.10 Å². The Morgan fingerprint density at radius 2 is 2.06 bits per heavy atom. The van der Waals surface area contributed by atoms with E-state index >= 15 is 0 Å². The zero-order chi connectivity index (χ0) is 25.0. The summed E-state index contributed by atoms with van der Waals surface area (Å²) in [6.45, 7) is 5.25. The maximum absolute atomic E-state index is 13.7. The van der Waals surface area contributed by atoms with Crippen molar-refractivity contribution < 1.29 is 14.3 Å². The van der Waals surface area contributed by atoms with Gasteiger partial charge in [-0.2, -0.15) is 0 Å². The first-order valence-electron chi connectivity index (χ1n) is 12.7. The lowest BCUT2D eigenvalue weighted by Crippen LogP contribution is -2.50. The summed E-state index contributed by atoms with van der Waals surface area (Å²) in [5, 5.41) is 11.6. The summed E-state index contributed by atoms with van der Waals surface area (Å²) < 4.78 is 11.7. The Labute approximate surface area is 208 Å². The number of piperidine rings is 1. The molecule has 2 aromatic carbocycles. The second-order valence-electron chi connectivity index (χ2n) is 10.1. The van der Waals surface area contributed by atoms with Gasteiger partial charge >= 0.3 is 0 Å². The van der Waals surface area contributed by atoms with Crippen LogP contribution in [-0.4, -0.2) is 37.0 Å². The van der Waals surface area contributed by atoms with E-state index in [4.69, 9.17) is 20.6 Å². The lowest BCUT2D eigenvalue weighted by Gasteiger charge is -2.39. The second-order valence-corrected chi connectivity index (χ2v) is 10.1. The monoisotopic (exact) mass is 478 g/mol. The smallest absolute Gasteiger partial charge is 0.273 e. The Hall–Kier alpha value is -3.06. The first-order chi connectivity index (χ1) is 16.8. The highest BCUT2D eigenvalue weighted by atomic mass is 16.5. The number of nitrogens with one attached hydrogen (secondary N) is 2. The number of ether oxygens (including phenoxy) is 2. The van der Waals surface area contributed by atoms with Gasteiger partial charge < -0.3 is 25.4 Å². The number of methoxy groups -OCH3 is 1. The molecule has 4 N–H and O–H groups in total. The third-order valence-corrected chi connectivity index (χ3v) is 7.29. The van der Waals surface area contributed by atoms with Crippen LogP contribution in [0, 0.1) is 5.41 Å². The Morgan fingerprint density at radius 3 is 2.80 bits per heavy atom. The van der Waals surface area contributed by atoms with Gasteiger partial charge in [-0.15, -0.1) is 0 Å². The van der Waals surface area contributed by atoms with Gasteiger partial charge in [-0.05, 0) is 69.9 Å². The molecule has 3 atom stereocenters. The number of anilines is 1. The standard InChI is InChI=1S/C28H38N4O3/c1-19-10-9-16-28(2,31-19)15-7-4-8-17-32-22-11-5-6-12-24(22)35-25(27(32)33)21-18-20(26(29)30)13-14-23(21)34-3/h5-6,11-14,18-19,25,31H,4,7-10,15-17H2,1-3H3,(H3,29,30)/t19-,25+,28+/m0/s1. The van der Waals surface area contributed by atoms with Gasteiger partial charge in [-0.1, -0.05) is 31.4 Å². The average Bonchev–Trinajstić information content (AvgIpc) is 2.84. The minimum absolute atomic E-state index is 0.0648. The number of hydrogen-bond acceptors (Lipinski definition) is 5. The van der Waals surface area contributed by atoms with Crippen molar-refractivity contribution in [2.75, 3.05) is 18.6 Å². The largest absolute Gasteiger partial charge is 0.496 e. The molecule has 0 aliphatic carbocycles. The van der Waals surface area contributed by atoms with Gasteiger partial charge in [0.15, 0.2) is 0 Å². The molecule has 2 aliphatic heterocycles. The number of carbonyl (C=O) groups excluding carboxylic acids is 1. The van der Waals surface area contributed by atoms with Crippen LogP contribution in [0.5, 0.6) is 11.5 Å². The molecular weight excluding hydrogens is 440 g/mol. The Morgan fingerprint density at radius 1 is 1.26 bits per heavy atom. The van der Waals surface area contributed by atoms with Crippen molar-refractivity contribution in [3.8, 4) is 11.5 Å². The van der Waals surface area contributed by atoms with Gasteiger partial charge in [0, 0.05) is 29.3 Å². The zero-order valence-electron chi connectivity index (χ0n) is 21.1. The number of unbranched alkanes of at least 4 members (excludes halogenated alkanes) is 2. The predicted molar refractivity (Wildman–Crippen MR) is 139 cm³/mol. The van der Waals surface area contributed by atoms with E-state index in [0.717, 1.165) is 31.4 Å². The molecule has 0 radical (unpaired) electrons. The molecule has 0 saturated carbocycles. The van der Waals surface area contributed by atoms with E-state index in [1.54, 1.807) is 25.3 Å². The molecule has 7 heteroatoms. The summed E-state index contributed by atoms with van der Waals surface area (Å²) >= 11 is 0. The molecule has 4 rings (SSSR count). The number of fused-ring (bicyclic) bond motifs is 1. The van der Waals surface area contributed by atoms with Crippen LogP contribution >= 0.6 is 0 Å². The SMILES string of the molecule is COc1ccc(C(=N)N)cc1[C@H]1Oc2ccccc2N(CCCCC[C@]2(C)CCC[C@H](C)N2)C1=O. The van der Waals surface area contributed by atoms with Gasteiger partial charge in [0.25, 0.3) is 5.91 Å². The van der Waals surface area contributed by atoms with E-state index in [2.05, 4.69) is 19.2 Å². The highest BCUT2D eigenvalue weighted by Crippen LogP contribution is 2.41. The van der Waals surface area contributed by atoms with Crippen molar-refractivity contribution in [1.29, 1.82) is 5.41 Å². The van der Waals surface area contributed by atoms with Gasteiger partial charge in [-0.25, -0.2) is 0 Å². The Kier molecular flexibility index (Phi) is 7.65. The van der Waals surface area contributed by atoms with Crippen molar-refractivity contribution in [1.82, 2.24) is 5.32 Å². The number of nitrogen functional groups attached to an aromatic ring is 1. The van der Waals surface area contributed by atoms with Gasteiger partial charge in [0.05, 0.1) is 12.8 Å². The molecule has 1 fully saturated rings. The number of amidine groups is 1. The average molecular weight is 479 g/mol. The van der Waals surface area contributed by atoms with E-state index in [0.29, 0.717) is 35.2 Å². The Balaban J connectivity index is 1.47. The van der Waals surface area contributed by atoms with Crippen LogP contribution in [-0.2, 0) is 4.79 Å². The number of nitrogens with two attached hydrogens (primary N) is 1. The molecule has 7 nitrogen and oxygen atoms in total. The fraction of sp³-hybridized carbons (Fsp3) is 0.500. The maximum Gasteiger partial charge on any atom is 0.273 e. The fourth-order valence-corrected chi connectivity index (χ4v) is 5.45. The van der Waals surface area contributed by atoms with E-state index in [9.17, 15) is 4.79 Å². The molecule has 1 saturated heterocycles. The number of rotatable bonds is 9. The summed E-state index contributed by atoms with van der Waals surface area (Å²) in [4.78, 5) is 15.5. The number of benzene rings is 2. The third kappa shape index (κ3) is 5.61. The van der Waals surface area contributed by atoms with E-state index < -0.39 is 6.10 Å². The molecular formula is C28H38N4O3. The molecule has 0 unspecified atom stereocenters. The van der Waals surface area contributed by atoms with Crippen LogP contribution in [0.25, 0.3) is 0 Å². The van der Waals surface area contributed by atoms with Crippen LogP contribution in [0.1, 0.15) is 76.0 Å². The summed E-state index contributed by atoms with van der Waals surface area (Å²) in [5.74, 6) is 1.01. The molecule has 0 aromatic heterocycles. The quantitative estimate of drug-likeness (QED) is 0.270. The number of hydrogen-bond donors (Lipinski definition) is 3. The predicted octanol–water partition coefficient (Wildman–Crippen LogP) is 4.93. The minimum Gasteiger partial charge on any atom is -0.496 e. The molecule has 188 valence electrons. The highest BCUT2D eigenvalue weighted by Gasteiger charge is 2.37. The van der Waals surface area contributed by atoms with Crippen LogP contribution in [0.3, 0.4) is 0 Å². The zero-order valence-corrected chi connectivity index (χ0v) is 21.1. The van der Waals surface area contributed by atoms with Crippen molar-refractivity contribution in [3.05, 3.63) is 53.6 Å². The van der Waals surface area contributed by atoms with Gasteiger partial charge in [-0.3, -0.25) is 10.2 Å². The first-order valence-corrected chi connectivity index (χ1v) is 12.7. The highest BCUT2D eigenvalue weighted by molar-refractivity contribution is 6.01. The second kappa shape index (κ2) is 10.7. The van der Waals surface area contributed by atoms with Crippen molar-refractivity contribution in [2.24, 2.45) is 5.73 Å². The maximum atomic E-state index is 13.7. The molecule has 2 aliphatic rings. The van der Waals surface area contributed by atoms with Crippen LogP contribution < -0.4 is 25.4 Å². The van der Waals surface area contributed by atoms with Crippen LogP contribution in [0.2, 0.25) is 0 Å². The molecule has 2 heterocycles.